The minimum atomic E-state index is -1.32. The lowest BCUT2D eigenvalue weighted by Crippen LogP contribution is -2.15. The predicted molar refractivity (Wildman–Crippen MR) is 108 cm³/mol. The van der Waals surface area contributed by atoms with Gasteiger partial charge < -0.3 is 9.84 Å². The van der Waals surface area contributed by atoms with E-state index >= 15 is 0 Å². The van der Waals surface area contributed by atoms with Crippen LogP contribution < -0.4 is 4.74 Å². The van der Waals surface area contributed by atoms with Gasteiger partial charge in [-0.3, -0.25) is 19.9 Å². The van der Waals surface area contributed by atoms with Crippen molar-refractivity contribution in [2.24, 2.45) is 4.99 Å². The number of aliphatic imine (C=N–C) groups is 1. The summed E-state index contributed by atoms with van der Waals surface area (Å²) in [6.45, 7) is 0. The van der Waals surface area contributed by atoms with E-state index < -0.39 is 22.8 Å². The lowest BCUT2D eigenvalue weighted by atomic mass is 10.1. The molecule has 0 aliphatic rings. The molecule has 0 fully saturated rings. The predicted octanol–water partition coefficient (Wildman–Crippen LogP) is 3.17. The van der Waals surface area contributed by atoms with E-state index in [1.54, 1.807) is 12.1 Å². The highest BCUT2D eigenvalue weighted by atomic mass is 16.6. The summed E-state index contributed by atoms with van der Waals surface area (Å²) in [4.78, 5) is 54.0. The van der Waals surface area contributed by atoms with Gasteiger partial charge in [-0.2, -0.15) is 0 Å². The summed E-state index contributed by atoms with van der Waals surface area (Å²) in [7, 11) is 0. The molecule has 0 atom stereocenters. The van der Waals surface area contributed by atoms with E-state index in [1.165, 1.54) is 36.5 Å². The van der Waals surface area contributed by atoms with Gasteiger partial charge in [0.2, 0.25) is 0 Å². The van der Waals surface area contributed by atoms with E-state index in [4.69, 9.17) is 4.74 Å². The number of aromatic nitrogens is 1. The Kier molecular flexibility index (Phi) is 6.21. The zero-order chi connectivity index (χ0) is 22.4. The van der Waals surface area contributed by atoms with Crippen molar-refractivity contribution in [3.8, 4) is 5.75 Å². The second-order valence-corrected chi connectivity index (χ2v) is 6.00. The molecular weight excluding hydrogens is 406 g/mol. The first-order valence-electron chi connectivity index (χ1n) is 8.69. The van der Waals surface area contributed by atoms with Gasteiger partial charge in [-0.15, -0.1) is 0 Å². The fourth-order valence-electron chi connectivity index (χ4n) is 2.53. The van der Waals surface area contributed by atoms with Crippen molar-refractivity contribution < 1.29 is 29.2 Å². The number of carboxylic acid groups (broad SMARTS) is 1. The molecule has 1 amide bonds. The average molecular weight is 419 g/mol. The summed E-state index contributed by atoms with van der Waals surface area (Å²) in [5.74, 6) is -3.16. The summed E-state index contributed by atoms with van der Waals surface area (Å²) < 4.78 is 5.25. The quantitative estimate of drug-likeness (QED) is 0.210. The third-order valence-electron chi connectivity index (χ3n) is 3.99. The van der Waals surface area contributed by atoms with Crippen molar-refractivity contribution in [1.29, 1.82) is 0 Å². The van der Waals surface area contributed by atoms with Crippen molar-refractivity contribution in [2.75, 3.05) is 0 Å². The number of carboxylic acids is 1. The number of aromatic carboxylic acids is 1. The molecule has 0 radical (unpaired) electrons. The fourth-order valence-corrected chi connectivity index (χ4v) is 2.53. The van der Waals surface area contributed by atoms with Crippen LogP contribution in [0.3, 0.4) is 0 Å². The summed E-state index contributed by atoms with van der Waals surface area (Å²) in [6, 6.07) is 13.4. The van der Waals surface area contributed by atoms with Crippen molar-refractivity contribution >= 4 is 29.7 Å². The monoisotopic (exact) mass is 419 g/mol. The van der Waals surface area contributed by atoms with Crippen LogP contribution in [0.2, 0.25) is 0 Å². The number of pyridine rings is 1. The molecule has 0 bridgehead atoms. The van der Waals surface area contributed by atoms with Crippen LogP contribution in [0.15, 0.2) is 71.9 Å². The molecule has 0 saturated carbocycles. The fraction of sp³-hybridized carbons (Fsp3) is 0. The van der Waals surface area contributed by atoms with Gasteiger partial charge in [0.05, 0.1) is 16.1 Å². The number of hydrogen-bond acceptors (Lipinski definition) is 7. The Morgan fingerprint density at radius 2 is 1.74 bits per heavy atom. The molecule has 0 aliphatic heterocycles. The first kappa shape index (κ1) is 21.0. The molecule has 1 aromatic heterocycles. The highest BCUT2D eigenvalue weighted by molar-refractivity contribution is 6.04. The molecule has 154 valence electrons. The van der Waals surface area contributed by atoms with Gasteiger partial charge in [0.15, 0.2) is 0 Å². The molecule has 0 saturated heterocycles. The molecule has 2 aromatic carbocycles. The van der Waals surface area contributed by atoms with Crippen molar-refractivity contribution in [3.05, 3.63) is 99.4 Å². The van der Waals surface area contributed by atoms with Gasteiger partial charge in [-0.25, -0.2) is 14.6 Å². The molecule has 31 heavy (non-hydrogen) atoms. The summed E-state index contributed by atoms with van der Waals surface area (Å²) >= 11 is 0. The molecule has 10 nitrogen and oxygen atoms in total. The largest absolute Gasteiger partial charge is 0.478 e. The maximum Gasteiger partial charge on any atom is 0.344 e. The third kappa shape index (κ3) is 5.01. The number of carbonyl (C=O) groups excluding carboxylic acids is 2. The summed E-state index contributed by atoms with van der Waals surface area (Å²) in [5, 5.41) is 20.3. The Labute approximate surface area is 174 Å². The lowest BCUT2D eigenvalue weighted by molar-refractivity contribution is -0.384. The number of amides is 1. The van der Waals surface area contributed by atoms with Crippen LogP contribution in [0.5, 0.6) is 5.75 Å². The minimum Gasteiger partial charge on any atom is -0.478 e. The lowest BCUT2D eigenvalue weighted by Gasteiger charge is -2.09. The number of hydrogen-bond donors (Lipinski definition) is 1. The van der Waals surface area contributed by atoms with Crippen molar-refractivity contribution in [2.45, 2.75) is 0 Å². The maximum absolute atomic E-state index is 12.5. The maximum atomic E-state index is 12.5. The average Bonchev–Trinajstić information content (AvgIpc) is 2.78. The number of non-ortho nitro benzene ring substituents is 1. The van der Waals surface area contributed by atoms with Gasteiger partial charge in [-0.1, -0.05) is 18.2 Å². The molecular formula is C21H13N3O7. The second kappa shape index (κ2) is 9.18. The van der Waals surface area contributed by atoms with Crippen LogP contribution in [0, 0.1) is 10.1 Å². The van der Waals surface area contributed by atoms with E-state index in [1.807, 2.05) is 0 Å². The van der Waals surface area contributed by atoms with Crippen LogP contribution >= 0.6 is 0 Å². The number of carbonyl (C=O) groups is 3. The zero-order valence-corrected chi connectivity index (χ0v) is 15.7. The number of nitro benzene ring substituents is 1. The van der Waals surface area contributed by atoms with Gasteiger partial charge in [-0.05, 0) is 30.3 Å². The molecule has 10 heteroatoms. The zero-order valence-electron chi connectivity index (χ0n) is 15.7. The number of nitrogens with zero attached hydrogens (tertiary/aromatic N) is 3. The Morgan fingerprint density at radius 3 is 2.39 bits per heavy atom. The normalized spacial score (nSPS) is 10.6. The molecule has 3 rings (SSSR count). The van der Waals surface area contributed by atoms with Gasteiger partial charge in [0, 0.05) is 30.1 Å². The van der Waals surface area contributed by atoms with Crippen LogP contribution in [-0.2, 0) is 0 Å². The van der Waals surface area contributed by atoms with Crippen LogP contribution in [0.25, 0.3) is 0 Å². The van der Waals surface area contributed by atoms with E-state index in [2.05, 4.69) is 9.98 Å². The number of esters is 1. The summed E-state index contributed by atoms with van der Waals surface area (Å²) in [6.07, 6.45) is 2.42. The molecule has 0 spiro atoms. The number of benzene rings is 2. The van der Waals surface area contributed by atoms with Gasteiger partial charge in [0.1, 0.15) is 11.4 Å². The Balaban J connectivity index is 1.94. The molecule has 0 aliphatic carbocycles. The van der Waals surface area contributed by atoms with Crippen molar-refractivity contribution in [1.82, 2.24) is 4.98 Å². The molecule has 1 heterocycles. The minimum absolute atomic E-state index is 0.0281. The molecule has 0 unspecified atom stereocenters. The Morgan fingerprint density at radius 1 is 1.03 bits per heavy atom. The Bertz CT molecular complexity index is 1210. The molecule has 1 N–H and O–H groups in total. The van der Waals surface area contributed by atoms with E-state index in [0.717, 1.165) is 24.4 Å². The SMILES string of the molecule is O=C(N=Cc1cc([N+](=O)[O-])ccc1OC(=O)c1ccccc1C(=O)O)c1ccccn1. The first-order valence-corrected chi connectivity index (χ1v) is 8.69. The highest BCUT2D eigenvalue weighted by Crippen LogP contribution is 2.24. The first-order chi connectivity index (χ1) is 14.9. The number of nitro groups is 1. The summed E-state index contributed by atoms with van der Waals surface area (Å²) in [5.41, 5.74) is -0.772. The van der Waals surface area contributed by atoms with Crippen LogP contribution in [-0.4, -0.2) is 39.1 Å². The Hall–Kier alpha value is -4.73. The van der Waals surface area contributed by atoms with E-state index in [9.17, 15) is 29.6 Å². The standard InChI is InChI=1S/C21H13N3O7/c25-19(17-7-3-4-10-22-17)23-12-13-11-14(24(29)30)8-9-18(13)31-21(28)16-6-2-1-5-15(16)20(26)27/h1-12H,(H,26,27). The van der Waals surface area contributed by atoms with E-state index in [-0.39, 0.29) is 33.8 Å². The smallest absolute Gasteiger partial charge is 0.344 e. The third-order valence-corrected chi connectivity index (χ3v) is 3.99. The van der Waals surface area contributed by atoms with Crippen LogP contribution in [0.4, 0.5) is 5.69 Å². The van der Waals surface area contributed by atoms with Gasteiger partial charge in [0.25, 0.3) is 11.6 Å². The highest BCUT2D eigenvalue weighted by Gasteiger charge is 2.20. The number of ether oxygens (including phenoxy) is 1. The van der Waals surface area contributed by atoms with Crippen molar-refractivity contribution in [3.63, 3.8) is 0 Å². The number of rotatable bonds is 6. The van der Waals surface area contributed by atoms with E-state index in [0.29, 0.717) is 0 Å². The second-order valence-electron chi connectivity index (χ2n) is 6.00. The van der Waals surface area contributed by atoms with Gasteiger partial charge >= 0.3 is 11.9 Å². The van der Waals surface area contributed by atoms with Crippen LogP contribution in [0.1, 0.15) is 36.8 Å². The molecule has 3 aromatic rings. The topological polar surface area (TPSA) is 149 Å².